The number of anilines is 1. The summed E-state index contributed by atoms with van der Waals surface area (Å²) < 4.78 is 1.73. The Kier molecular flexibility index (Phi) is 3.57. The maximum Gasteiger partial charge on any atom is 0.272 e. The van der Waals surface area contributed by atoms with Crippen molar-refractivity contribution in [3.05, 3.63) is 42.0 Å². The summed E-state index contributed by atoms with van der Waals surface area (Å²) in [5.41, 5.74) is 7.40. The van der Waals surface area contributed by atoms with Gasteiger partial charge >= 0.3 is 0 Å². The van der Waals surface area contributed by atoms with E-state index in [1.54, 1.807) is 29.2 Å². The maximum atomic E-state index is 11.8. The quantitative estimate of drug-likeness (QED) is 0.814. The highest BCUT2D eigenvalue weighted by molar-refractivity contribution is 5.96. The standard InChI is InChI=1S/C12H15N5O/c1-17-8-9(7-16-17)4-6-15-12(18)11-10(13)3-2-5-14-11/h2-3,5,7-8H,4,6,13H2,1H3,(H,15,18). The first-order valence-electron chi connectivity index (χ1n) is 5.63. The molecule has 1 amide bonds. The highest BCUT2D eigenvalue weighted by Gasteiger charge is 2.09. The van der Waals surface area contributed by atoms with Crippen LogP contribution in [0.1, 0.15) is 16.1 Å². The van der Waals surface area contributed by atoms with E-state index >= 15 is 0 Å². The number of carbonyl (C=O) groups excluding carboxylic acids is 1. The van der Waals surface area contributed by atoms with Crippen molar-refractivity contribution in [1.29, 1.82) is 0 Å². The van der Waals surface area contributed by atoms with Gasteiger partial charge in [0, 0.05) is 26.0 Å². The number of carbonyl (C=O) groups is 1. The predicted molar refractivity (Wildman–Crippen MR) is 67.9 cm³/mol. The number of nitrogen functional groups attached to an aromatic ring is 1. The lowest BCUT2D eigenvalue weighted by atomic mass is 10.2. The number of nitrogens with zero attached hydrogens (tertiary/aromatic N) is 3. The van der Waals surface area contributed by atoms with Gasteiger partial charge in [0.2, 0.25) is 0 Å². The van der Waals surface area contributed by atoms with Crippen molar-refractivity contribution in [1.82, 2.24) is 20.1 Å². The Morgan fingerprint density at radius 1 is 1.56 bits per heavy atom. The lowest BCUT2D eigenvalue weighted by Crippen LogP contribution is -2.27. The van der Waals surface area contributed by atoms with Crippen LogP contribution in [0, 0.1) is 0 Å². The zero-order chi connectivity index (χ0) is 13.0. The second-order valence-corrected chi connectivity index (χ2v) is 3.97. The van der Waals surface area contributed by atoms with Crippen LogP contribution in [0.3, 0.4) is 0 Å². The molecule has 3 N–H and O–H groups in total. The Morgan fingerprint density at radius 2 is 2.39 bits per heavy atom. The van der Waals surface area contributed by atoms with E-state index in [1.807, 2.05) is 13.2 Å². The van der Waals surface area contributed by atoms with Crippen LogP contribution in [0.15, 0.2) is 30.7 Å². The summed E-state index contributed by atoms with van der Waals surface area (Å²) in [4.78, 5) is 15.7. The van der Waals surface area contributed by atoms with Gasteiger partial charge in [-0.2, -0.15) is 5.10 Å². The molecule has 6 nitrogen and oxygen atoms in total. The molecule has 2 rings (SSSR count). The number of aryl methyl sites for hydroxylation is 1. The molecule has 0 fully saturated rings. The maximum absolute atomic E-state index is 11.8. The molecule has 0 aliphatic heterocycles. The fourth-order valence-electron chi connectivity index (χ4n) is 1.61. The first-order valence-corrected chi connectivity index (χ1v) is 5.63. The zero-order valence-electron chi connectivity index (χ0n) is 10.1. The molecule has 2 aromatic heterocycles. The van der Waals surface area contributed by atoms with Crippen LogP contribution in [0.2, 0.25) is 0 Å². The van der Waals surface area contributed by atoms with Crippen LogP contribution in [-0.4, -0.2) is 27.2 Å². The molecule has 0 aliphatic rings. The van der Waals surface area contributed by atoms with Gasteiger partial charge in [0.1, 0.15) is 0 Å². The minimum atomic E-state index is -0.253. The summed E-state index contributed by atoms with van der Waals surface area (Å²) in [7, 11) is 1.86. The number of nitrogens with one attached hydrogen (secondary N) is 1. The third-order valence-electron chi connectivity index (χ3n) is 2.51. The molecule has 0 atom stereocenters. The van der Waals surface area contributed by atoms with Crippen molar-refractivity contribution in [2.45, 2.75) is 6.42 Å². The molecular formula is C12H15N5O. The fourth-order valence-corrected chi connectivity index (χ4v) is 1.61. The van der Waals surface area contributed by atoms with Crippen molar-refractivity contribution in [2.75, 3.05) is 12.3 Å². The highest BCUT2D eigenvalue weighted by atomic mass is 16.1. The SMILES string of the molecule is Cn1cc(CCNC(=O)c2ncccc2N)cn1. The number of rotatable bonds is 4. The fraction of sp³-hybridized carbons (Fsp3) is 0.250. The van der Waals surface area contributed by atoms with Crippen LogP contribution in [0.25, 0.3) is 0 Å². The van der Waals surface area contributed by atoms with Gasteiger partial charge in [-0.25, -0.2) is 4.98 Å². The third kappa shape index (κ3) is 2.85. The summed E-state index contributed by atoms with van der Waals surface area (Å²) in [6, 6.07) is 3.35. The third-order valence-corrected chi connectivity index (χ3v) is 2.51. The number of amides is 1. The van der Waals surface area contributed by atoms with Gasteiger partial charge in [-0.15, -0.1) is 0 Å². The summed E-state index contributed by atoms with van der Waals surface area (Å²) >= 11 is 0. The molecule has 0 aromatic carbocycles. The van der Waals surface area contributed by atoms with Crippen LogP contribution in [-0.2, 0) is 13.5 Å². The molecule has 0 aliphatic carbocycles. The number of aromatic nitrogens is 3. The Labute approximate surface area is 105 Å². The van der Waals surface area contributed by atoms with Gasteiger partial charge in [-0.05, 0) is 24.1 Å². The molecule has 2 aromatic rings. The van der Waals surface area contributed by atoms with Gasteiger partial charge in [-0.1, -0.05) is 0 Å². The Bertz CT molecular complexity index is 549. The second kappa shape index (κ2) is 5.31. The number of nitrogens with two attached hydrogens (primary N) is 1. The molecular weight excluding hydrogens is 230 g/mol. The predicted octanol–water partition coefficient (Wildman–Crippen LogP) is 0.370. The molecule has 0 saturated heterocycles. The van der Waals surface area contributed by atoms with E-state index in [9.17, 15) is 4.79 Å². The average molecular weight is 245 g/mol. The molecule has 18 heavy (non-hydrogen) atoms. The van der Waals surface area contributed by atoms with E-state index in [0.717, 1.165) is 12.0 Å². The molecule has 94 valence electrons. The van der Waals surface area contributed by atoms with Gasteiger partial charge < -0.3 is 11.1 Å². The summed E-state index contributed by atoms with van der Waals surface area (Å²) in [5.74, 6) is -0.253. The van der Waals surface area contributed by atoms with E-state index in [2.05, 4.69) is 15.4 Å². The van der Waals surface area contributed by atoms with Crippen LogP contribution >= 0.6 is 0 Å². The Balaban J connectivity index is 1.87. The molecule has 0 radical (unpaired) electrons. The van der Waals surface area contributed by atoms with Crippen LogP contribution in [0.5, 0.6) is 0 Å². The molecule has 0 spiro atoms. The first kappa shape index (κ1) is 12.1. The second-order valence-electron chi connectivity index (χ2n) is 3.97. The van der Waals surface area contributed by atoms with Crippen molar-refractivity contribution >= 4 is 11.6 Å². The van der Waals surface area contributed by atoms with Gasteiger partial charge in [0.15, 0.2) is 5.69 Å². The van der Waals surface area contributed by atoms with E-state index in [-0.39, 0.29) is 11.6 Å². The smallest absolute Gasteiger partial charge is 0.272 e. The van der Waals surface area contributed by atoms with Crippen molar-refractivity contribution in [3.63, 3.8) is 0 Å². The highest BCUT2D eigenvalue weighted by Crippen LogP contribution is 2.06. The Morgan fingerprint density at radius 3 is 3.06 bits per heavy atom. The van der Waals surface area contributed by atoms with Crippen LogP contribution in [0.4, 0.5) is 5.69 Å². The van der Waals surface area contributed by atoms with E-state index < -0.39 is 0 Å². The van der Waals surface area contributed by atoms with E-state index in [0.29, 0.717) is 12.2 Å². The first-order chi connectivity index (χ1) is 8.66. The zero-order valence-corrected chi connectivity index (χ0v) is 10.1. The summed E-state index contributed by atoms with van der Waals surface area (Å²) in [6.07, 6.45) is 5.97. The normalized spacial score (nSPS) is 10.3. The summed E-state index contributed by atoms with van der Waals surface area (Å²) in [5, 5.41) is 6.84. The monoisotopic (exact) mass is 245 g/mol. The minimum Gasteiger partial charge on any atom is -0.397 e. The lowest BCUT2D eigenvalue weighted by molar-refractivity contribution is 0.0950. The van der Waals surface area contributed by atoms with E-state index in [1.165, 1.54) is 0 Å². The average Bonchev–Trinajstić information content (AvgIpc) is 2.75. The number of hydrogen-bond acceptors (Lipinski definition) is 4. The molecule has 0 bridgehead atoms. The molecule has 0 unspecified atom stereocenters. The lowest BCUT2D eigenvalue weighted by Gasteiger charge is -2.05. The van der Waals surface area contributed by atoms with Crippen molar-refractivity contribution < 1.29 is 4.79 Å². The van der Waals surface area contributed by atoms with Crippen LogP contribution < -0.4 is 11.1 Å². The van der Waals surface area contributed by atoms with Crippen molar-refractivity contribution in [2.24, 2.45) is 7.05 Å². The van der Waals surface area contributed by atoms with E-state index in [4.69, 9.17) is 5.73 Å². The minimum absolute atomic E-state index is 0.253. The van der Waals surface area contributed by atoms with Crippen molar-refractivity contribution in [3.8, 4) is 0 Å². The molecule has 6 heteroatoms. The topological polar surface area (TPSA) is 85.8 Å². The summed E-state index contributed by atoms with van der Waals surface area (Å²) in [6.45, 7) is 0.528. The Hall–Kier alpha value is -2.37. The van der Waals surface area contributed by atoms with Gasteiger partial charge in [-0.3, -0.25) is 9.48 Å². The van der Waals surface area contributed by atoms with Gasteiger partial charge in [0.05, 0.1) is 11.9 Å². The molecule has 0 saturated carbocycles. The number of hydrogen-bond donors (Lipinski definition) is 2. The largest absolute Gasteiger partial charge is 0.397 e. The van der Waals surface area contributed by atoms with Gasteiger partial charge in [0.25, 0.3) is 5.91 Å². The molecule has 2 heterocycles. The number of pyridine rings is 1.